The number of pyridine rings is 2. The fourth-order valence-electron chi connectivity index (χ4n) is 2.84. The molecule has 0 saturated carbocycles. The van der Waals surface area contributed by atoms with E-state index in [0.717, 1.165) is 36.1 Å². The summed E-state index contributed by atoms with van der Waals surface area (Å²) in [5, 5.41) is 0. The van der Waals surface area contributed by atoms with E-state index in [0.29, 0.717) is 18.8 Å². The Morgan fingerprint density at radius 2 is 2.27 bits per heavy atom. The van der Waals surface area contributed by atoms with Gasteiger partial charge in [-0.2, -0.15) is 0 Å². The first-order valence-corrected chi connectivity index (χ1v) is 7.58. The fraction of sp³-hybridized carbons (Fsp3) is 0.500. The van der Waals surface area contributed by atoms with Gasteiger partial charge in [-0.3, -0.25) is 9.88 Å². The number of aromatic nitrogens is 2. The van der Waals surface area contributed by atoms with Crippen molar-refractivity contribution in [3.05, 3.63) is 30.0 Å². The fourth-order valence-corrected chi connectivity index (χ4v) is 2.84. The van der Waals surface area contributed by atoms with Crippen molar-refractivity contribution in [2.45, 2.75) is 25.1 Å². The van der Waals surface area contributed by atoms with Gasteiger partial charge in [0.2, 0.25) is 5.88 Å². The second-order valence-electron chi connectivity index (χ2n) is 5.71. The summed E-state index contributed by atoms with van der Waals surface area (Å²) < 4.78 is 18.9. The maximum atomic E-state index is 13.7. The van der Waals surface area contributed by atoms with Gasteiger partial charge < -0.3 is 10.5 Å². The van der Waals surface area contributed by atoms with Crippen LogP contribution in [-0.2, 0) is 6.42 Å². The van der Waals surface area contributed by atoms with E-state index in [1.54, 1.807) is 19.4 Å². The number of hydrogen-bond donors (Lipinski definition) is 1. The Hall–Kier alpha value is -1.79. The van der Waals surface area contributed by atoms with Gasteiger partial charge >= 0.3 is 0 Å². The van der Waals surface area contributed by atoms with Crippen molar-refractivity contribution in [3.63, 3.8) is 0 Å². The summed E-state index contributed by atoms with van der Waals surface area (Å²) in [4.78, 5) is 10.9. The van der Waals surface area contributed by atoms with Gasteiger partial charge in [0.25, 0.3) is 0 Å². The normalized spacial score (nSPS) is 22.9. The first-order chi connectivity index (χ1) is 10.7. The number of ether oxygens (including phenoxy) is 1. The SMILES string of the molecule is COc1ccc2nccc(CCN3CC[C@@H](N)[C@@H](F)C3)c2n1. The third-order valence-electron chi connectivity index (χ3n) is 4.22. The Labute approximate surface area is 129 Å². The van der Waals surface area contributed by atoms with Crippen molar-refractivity contribution in [2.24, 2.45) is 5.73 Å². The van der Waals surface area contributed by atoms with E-state index in [1.807, 2.05) is 12.1 Å². The first-order valence-electron chi connectivity index (χ1n) is 7.58. The van der Waals surface area contributed by atoms with Gasteiger partial charge in [0.05, 0.1) is 18.1 Å². The largest absolute Gasteiger partial charge is 0.481 e. The van der Waals surface area contributed by atoms with Crippen molar-refractivity contribution < 1.29 is 9.13 Å². The van der Waals surface area contributed by atoms with Crippen molar-refractivity contribution in [1.29, 1.82) is 0 Å². The van der Waals surface area contributed by atoms with Crippen LogP contribution in [0.15, 0.2) is 24.4 Å². The molecule has 0 bridgehead atoms. The Balaban J connectivity index is 1.73. The van der Waals surface area contributed by atoms with Gasteiger partial charge in [0.15, 0.2) is 0 Å². The lowest BCUT2D eigenvalue weighted by Crippen LogP contribution is -2.48. The van der Waals surface area contributed by atoms with Crippen LogP contribution in [0.5, 0.6) is 5.88 Å². The summed E-state index contributed by atoms with van der Waals surface area (Å²) in [5.41, 5.74) is 8.53. The van der Waals surface area contributed by atoms with E-state index in [1.165, 1.54) is 0 Å². The summed E-state index contributed by atoms with van der Waals surface area (Å²) in [7, 11) is 1.60. The molecular weight excluding hydrogens is 283 g/mol. The smallest absolute Gasteiger partial charge is 0.213 e. The highest BCUT2D eigenvalue weighted by Crippen LogP contribution is 2.20. The monoisotopic (exact) mass is 304 g/mol. The van der Waals surface area contributed by atoms with Gasteiger partial charge in [-0.15, -0.1) is 0 Å². The molecule has 0 spiro atoms. The average Bonchev–Trinajstić information content (AvgIpc) is 2.55. The Bertz CT molecular complexity index is 651. The van der Waals surface area contributed by atoms with E-state index in [4.69, 9.17) is 10.5 Å². The number of likely N-dealkylation sites (tertiary alicyclic amines) is 1. The van der Waals surface area contributed by atoms with E-state index in [-0.39, 0.29) is 6.04 Å². The van der Waals surface area contributed by atoms with Crippen molar-refractivity contribution in [1.82, 2.24) is 14.9 Å². The summed E-state index contributed by atoms with van der Waals surface area (Å²) in [6.07, 6.45) is 2.38. The minimum Gasteiger partial charge on any atom is -0.481 e. The molecule has 1 fully saturated rings. The number of alkyl halides is 1. The van der Waals surface area contributed by atoms with Crippen LogP contribution in [0, 0.1) is 0 Å². The zero-order valence-corrected chi connectivity index (χ0v) is 12.7. The summed E-state index contributed by atoms with van der Waals surface area (Å²) in [5.74, 6) is 0.578. The molecule has 5 nitrogen and oxygen atoms in total. The topological polar surface area (TPSA) is 64.3 Å². The zero-order valence-electron chi connectivity index (χ0n) is 12.7. The van der Waals surface area contributed by atoms with Crippen LogP contribution in [-0.4, -0.2) is 53.8 Å². The number of fused-ring (bicyclic) bond motifs is 1. The molecule has 2 aromatic rings. The summed E-state index contributed by atoms with van der Waals surface area (Å²) >= 11 is 0. The highest BCUT2D eigenvalue weighted by Gasteiger charge is 2.25. The van der Waals surface area contributed by atoms with Crippen LogP contribution in [0.1, 0.15) is 12.0 Å². The maximum Gasteiger partial charge on any atom is 0.213 e. The molecule has 2 N–H and O–H groups in total. The lowest BCUT2D eigenvalue weighted by Gasteiger charge is -2.32. The Morgan fingerprint density at radius 3 is 3.05 bits per heavy atom. The molecule has 0 unspecified atom stereocenters. The van der Waals surface area contributed by atoms with Crippen LogP contribution >= 0.6 is 0 Å². The zero-order chi connectivity index (χ0) is 15.5. The molecule has 1 aliphatic rings. The highest BCUT2D eigenvalue weighted by atomic mass is 19.1. The van der Waals surface area contributed by atoms with Crippen LogP contribution in [0.2, 0.25) is 0 Å². The van der Waals surface area contributed by atoms with Gasteiger partial charge in [0.1, 0.15) is 6.17 Å². The molecule has 3 rings (SSSR count). The Morgan fingerprint density at radius 1 is 1.41 bits per heavy atom. The standard InChI is InChI=1S/C16H21FN4O/c1-22-15-3-2-14-16(20-15)11(4-7-19-14)5-8-21-9-6-13(18)12(17)10-21/h2-4,7,12-13H,5-6,8-10,18H2,1H3/t12-,13+/m0/s1. The van der Waals surface area contributed by atoms with Crippen LogP contribution in [0.4, 0.5) is 4.39 Å². The predicted molar refractivity (Wildman–Crippen MR) is 83.7 cm³/mol. The van der Waals surface area contributed by atoms with Gasteiger partial charge in [0, 0.05) is 31.4 Å². The molecule has 0 amide bonds. The predicted octanol–water partition coefficient (Wildman–Crippen LogP) is 1.55. The second-order valence-corrected chi connectivity index (χ2v) is 5.71. The number of nitrogens with two attached hydrogens (primary N) is 1. The van der Waals surface area contributed by atoms with Crippen LogP contribution < -0.4 is 10.5 Å². The quantitative estimate of drug-likeness (QED) is 0.928. The summed E-state index contributed by atoms with van der Waals surface area (Å²) in [6, 6.07) is 5.36. The highest BCUT2D eigenvalue weighted by molar-refractivity contribution is 5.78. The van der Waals surface area contributed by atoms with E-state index in [2.05, 4.69) is 14.9 Å². The van der Waals surface area contributed by atoms with Crippen LogP contribution in [0.25, 0.3) is 11.0 Å². The van der Waals surface area contributed by atoms with Crippen molar-refractivity contribution >= 4 is 11.0 Å². The second kappa shape index (κ2) is 6.54. The number of hydrogen-bond acceptors (Lipinski definition) is 5. The van der Waals surface area contributed by atoms with Gasteiger partial charge in [-0.1, -0.05) is 0 Å². The molecule has 0 radical (unpaired) electrons. The van der Waals surface area contributed by atoms with Crippen LogP contribution in [0.3, 0.4) is 0 Å². The third kappa shape index (κ3) is 3.18. The molecule has 22 heavy (non-hydrogen) atoms. The number of piperidine rings is 1. The molecule has 6 heteroatoms. The van der Waals surface area contributed by atoms with Crippen molar-refractivity contribution in [2.75, 3.05) is 26.7 Å². The number of nitrogens with zero attached hydrogens (tertiary/aromatic N) is 3. The Kier molecular flexibility index (Phi) is 4.49. The molecular formula is C16H21FN4O. The number of rotatable bonds is 4. The summed E-state index contributed by atoms with van der Waals surface area (Å²) in [6.45, 7) is 2.06. The van der Waals surface area contributed by atoms with E-state index in [9.17, 15) is 4.39 Å². The average molecular weight is 304 g/mol. The molecule has 1 aliphatic heterocycles. The molecule has 118 valence electrons. The molecule has 3 heterocycles. The minimum absolute atomic E-state index is 0.316. The lowest BCUT2D eigenvalue weighted by molar-refractivity contribution is 0.121. The number of methoxy groups -OCH3 is 1. The first kappa shape index (κ1) is 15.1. The third-order valence-corrected chi connectivity index (χ3v) is 4.22. The van der Waals surface area contributed by atoms with Gasteiger partial charge in [-0.25, -0.2) is 9.37 Å². The molecule has 2 aromatic heterocycles. The van der Waals surface area contributed by atoms with Crippen molar-refractivity contribution in [3.8, 4) is 5.88 Å². The number of halogens is 1. The molecule has 1 saturated heterocycles. The lowest BCUT2D eigenvalue weighted by atomic mass is 10.0. The van der Waals surface area contributed by atoms with Gasteiger partial charge in [-0.05, 0) is 37.1 Å². The van der Waals surface area contributed by atoms with E-state index >= 15 is 0 Å². The maximum absolute atomic E-state index is 13.7. The molecule has 0 aromatic carbocycles. The molecule has 2 atom stereocenters. The minimum atomic E-state index is -0.929. The van der Waals surface area contributed by atoms with E-state index < -0.39 is 6.17 Å². The molecule has 0 aliphatic carbocycles.